The van der Waals surface area contributed by atoms with Gasteiger partial charge in [0.05, 0.1) is 11.1 Å². The molecule has 0 aliphatic heterocycles. The first-order valence-corrected chi connectivity index (χ1v) is 8.87. The van der Waals surface area contributed by atoms with Crippen LogP contribution in [0.1, 0.15) is 24.1 Å². The van der Waals surface area contributed by atoms with Crippen molar-refractivity contribution < 1.29 is 9.18 Å². The van der Waals surface area contributed by atoms with Crippen LogP contribution in [0.25, 0.3) is 0 Å². The molecule has 1 atom stereocenters. The van der Waals surface area contributed by atoms with Crippen LogP contribution in [-0.4, -0.2) is 32.1 Å². The fourth-order valence-electron chi connectivity index (χ4n) is 2.49. The number of benzene rings is 2. The lowest BCUT2D eigenvalue weighted by atomic mass is 10.1. The third kappa shape index (κ3) is 5.02. The van der Waals surface area contributed by atoms with Crippen molar-refractivity contribution in [2.45, 2.75) is 19.5 Å². The number of nitrogens with zero attached hydrogens (tertiary/aromatic N) is 2. The average Bonchev–Trinajstić information content (AvgIpc) is 2.58. The molecular weight excluding hydrogens is 376 g/mol. The number of hydrogen-bond donors (Lipinski definition) is 1. The SMILES string of the molecule is CC(NC(=O)N(C)Cc1ccc(N(C)C)cc1)c1cc(F)c(Cl)cc1Cl. The molecule has 4 nitrogen and oxygen atoms in total. The molecule has 0 aromatic heterocycles. The van der Waals surface area contributed by atoms with Crippen molar-refractivity contribution >= 4 is 34.9 Å². The smallest absolute Gasteiger partial charge is 0.317 e. The number of rotatable bonds is 5. The molecule has 140 valence electrons. The van der Waals surface area contributed by atoms with E-state index in [-0.39, 0.29) is 11.1 Å². The summed E-state index contributed by atoms with van der Waals surface area (Å²) in [7, 11) is 5.65. The van der Waals surface area contributed by atoms with Gasteiger partial charge in [0.25, 0.3) is 0 Å². The fourth-order valence-corrected chi connectivity index (χ4v) is 3.03. The minimum atomic E-state index is -0.568. The Morgan fingerprint density at radius 1 is 1.12 bits per heavy atom. The summed E-state index contributed by atoms with van der Waals surface area (Å²) >= 11 is 11.8. The molecule has 0 heterocycles. The topological polar surface area (TPSA) is 35.6 Å². The first-order valence-electron chi connectivity index (χ1n) is 8.11. The Morgan fingerprint density at radius 2 is 1.73 bits per heavy atom. The molecule has 0 saturated carbocycles. The molecule has 1 unspecified atom stereocenters. The predicted molar refractivity (Wildman–Crippen MR) is 106 cm³/mol. The summed E-state index contributed by atoms with van der Waals surface area (Å²) in [5.41, 5.74) is 2.58. The van der Waals surface area contributed by atoms with E-state index in [9.17, 15) is 9.18 Å². The normalized spacial score (nSPS) is 11.8. The number of carbonyl (C=O) groups is 1. The van der Waals surface area contributed by atoms with Crippen LogP contribution in [0.4, 0.5) is 14.9 Å². The van der Waals surface area contributed by atoms with Gasteiger partial charge in [-0.15, -0.1) is 0 Å². The lowest BCUT2D eigenvalue weighted by molar-refractivity contribution is 0.203. The highest BCUT2D eigenvalue weighted by molar-refractivity contribution is 6.35. The van der Waals surface area contributed by atoms with Gasteiger partial charge < -0.3 is 15.1 Å². The van der Waals surface area contributed by atoms with Gasteiger partial charge in [0.1, 0.15) is 5.82 Å². The van der Waals surface area contributed by atoms with Gasteiger partial charge in [-0.3, -0.25) is 0 Å². The quantitative estimate of drug-likeness (QED) is 0.712. The number of carbonyl (C=O) groups excluding carboxylic acids is 1. The van der Waals surface area contributed by atoms with Crippen LogP contribution in [0.5, 0.6) is 0 Å². The highest BCUT2D eigenvalue weighted by Crippen LogP contribution is 2.28. The van der Waals surface area contributed by atoms with Crippen LogP contribution in [-0.2, 0) is 6.54 Å². The highest BCUT2D eigenvalue weighted by Gasteiger charge is 2.17. The Bertz CT molecular complexity index is 781. The van der Waals surface area contributed by atoms with E-state index >= 15 is 0 Å². The molecule has 0 aliphatic carbocycles. The number of halogens is 3. The molecular formula is C19H22Cl2FN3O. The van der Waals surface area contributed by atoms with Crippen LogP contribution in [0.3, 0.4) is 0 Å². The van der Waals surface area contributed by atoms with Gasteiger partial charge in [-0.2, -0.15) is 0 Å². The summed E-state index contributed by atoms with van der Waals surface area (Å²) in [6.45, 7) is 2.20. The lowest BCUT2D eigenvalue weighted by Crippen LogP contribution is -2.38. The number of anilines is 1. The lowest BCUT2D eigenvalue weighted by Gasteiger charge is -2.23. The third-order valence-electron chi connectivity index (χ3n) is 4.07. The molecule has 0 radical (unpaired) electrons. The van der Waals surface area contributed by atoms with Crippen molar-refractivity contribution in [1.29, 1.82) is 0 Å². The van der Waals surface area contributed by atoms with E-state index in [1.165, 1.54) is 12.1 Å². The summed E-state index contributed by atoms with van der Waals surface area (Å²) in [5, 5.41) is 3.08. The number of amides is 2. The fraction of sp³-hybridized carbons (Fsp3) is 0.316. The summed E-state index contributed by atoms with van der Waals surface area (Å²) < 4.78 is 13.7. The summed E-state index contributed by atoms with van der Waals surface area (Å²) in [5.74, 6) is -0.568. The molecule has 2 amide bonds. The highest BCUT2D eigenvalue weighted by atomic mass is 35.5. The van der Waals surface area contributed by atoms with Gasteiger partial charge in [-0.25, -0.2) is 9.18 Å². The largest absolute Gasteiger partial charge is 0.378 e. The molecule has 0 aliphatic rings. The van der Waals surface area contributed by atoms with Crippen LogP contribution in [0, 0.1) is 5.82 Å². The third-order valence-corrected chi connectivity index (χ3v) is 4.68. The van der Waals surface area contributed by atoms with E-state index in [1.807, 2.05) is 43.3 Å². The van der Waals surface area contributed by atoms with Crippen molar-refractivity contribution in [2.24, 2.45) is 0 Å². The average molecular weight is 398 g/mol. The van der Waals surface area contributed by atoms with E-state index in [4.69, 9.17) is 23.2 Å². The molecule has 26 heavy (non-hydrogen) atoms. The zero-order valence-corrected chi connectivity index (χ0v) is 16.7. The Balaban J connectivity index is 2.01. The van der Waals surface area contributed by atoms with Gasteiger partial charge in [-0.1, -0.05) is 35.3 Å². The van der Waals surface area contributed by atoms with Crippen molar-refractivity contribution in [2.75, 3.05) is 26.0 Å². The van der Waals surface area contributed by atoms with E-state index in [2.05, 4.69) is 5.32 Å². The van der Waals surface area contributed by atoms with Gasteiger partial charge in [0, 0.05) is 38.4 Å². The van der Waals surface area contributed by atoms with Crippen LogP contribution in [0.15, 0.2) is 36.4 Å². The van der Waals surface area contributed by atoms with Gasteiger partial charge >= 0.3 is 6.03 Å². The van der Waals surface area contributed by atoms with E-state index < -0.39 is 11.9 Å². The Labute approximate surface area is 163 Å². The second-order valence-electron chi connectivity index (χ2n) is 6.38. The maximum absolute atomic E-state index is 13.7. The molecule has 0 bridgehead atoms. The second kappa shape index (κ2) is 8.60. The zero-order valence-electron chi connectivity index (χ0n) is 15.2. The molecule has 2 aromatic carbocycles. The number of nitrogens with one attached hydrogen (secondary N) is 1. The second-order valence-corrected chi connectivity index (χ2v) is 7.19. The zero-order chi connectivity index (χ0) is 19.4. The van der Waals surface area contributed by atoms with Crippen molar-refractivity contribution in [3.8, 4) is 0 Å². The van der Waals surface area contributed by atoms with Crippen molar-refractivity contribution in [3.63, 3.8) is 0 Å². The molecule has 2 rings (SSSR count). The first kappa shape index (κ1) is 20.3. The molecule has 0 spiro atoms. The molecule has 7 heteroatoms. The minimum Gasteiger partial charge on any atom is -0.378 e. The predicted octanol–water partition coefficient (Wildman–Crippen LogP) is 5.10. The Hall–Kier alpha value is -1.98. The summed E-state index contributed by atoms with van der Waals surface area (Å²) in [4.78, 5) is 16.0. The monoisotopic (exact) mass is 397 g/mol. The Kier molecular flexibility index (Phi) is 6.73. The first-order chi connectivity index (χ1) is 12.2. The van der Waals surface area contributed by atoms with Gasteiger partial charge in [-0.05, 0) is 42.3 Å². The standard InChI is InChI=1S/C19H22Cl2FN3O/c1-12(15-9-18(22)17(21)10-16(15)20)23-19(26)25(4)11-13-5-7-14(8-6-13)24(2)3/h5-10,12H,11H2,1-4H3,(H,23,26). The van der Waals surface area contributed by atoms with E-state index in [1.54, 1.807) is 18.9 Å². The number of urea groups is 1. The molecule has 1 N–H and O–H groups in total. The summed E-state index contributed by atoms with van der Waals surface area (Å²) in [6, 6.07) is 9.81. The number of hydrogen-bond acceptors (Lipinski definition) is 2. The Morgan fingerprint density at radius 3 is 2.31 bits per heavy atom. The van der Waals surface area contributed by atoms with Crippen molar-refractivity contribution in [3.05, 3.63) is 63.4 Å². The maximum atomic E-state index is 13.7. The maximum Gasteiger partial charge on any atom is 0.317 e. The van der Waals surface area contributed by atoms with Crippen LogP contribution in [0.2, 0.25) is 10.0 Å². The molecule has 0 saturated heterocycles. The summed E-state index contributed by atoms with van der Waals surface area (Å²) in [6.07, 6.45) is 0. The van der Waals surface area contributed by atoms with Gasteiger partial charge in [0.15, 0.2) is 0 Å². The molecule has 2 aromatic rings. The van der Waals surface area contributed by atoms with E-state index in [0.717, 1.165) is 11.3 Å². The van der Waals surface area contributed by atoms with Crippen LogP contribution < -0.4 is 10.2 Å². The minimum absolute atomic E-state index is 0.0458. The van der Waals surface area contributed by atoms with Crippen molar-refractivity contribution in [1.82, 2.24) is 10.2 Å². The van der Waals surface area contributed by atoms with E-state index in [0.29, 0.717) is 17.1 Å². The molecule has 0 fully saturated rings. The van der Waals surface area contributed by atoms with Gasteiger partial charge in [0.2, 0.25) is 0 Å². The van der Waals surface area contributed by atoms with Crippen LogP contribution >= 0.6 is 23.2 Å².